The van der Waals surface area contributed by atoms with Crippen LogP contribution in [0.1, 0.15) is 27.8 Å². The number of ether oxygens (including phenoxy) is 2. The number of aliphatic hydroxyl groups is 2. The predicted molar refractivity (Wildman–Crippen MR) is 142 cm³/mol. The minimum atomic E-state index is -0.117. The monoisotopic (exact) mass is 485 g/mol. The van der Waals surface area contributed by atoms with Crippen LogP contribution in [0.25, 0.3) is 22.0 Å². The lowest BCUT2D eigenvalue weighted by molar-refractivity contribution is -0.674. The predicted octanol–water partition coefficient (Wildman–Crippen LogP) is 4.01. The maximum Gasteiger partial charge on any atom is 0.284 e. The average Bonchev–Trinajstić information content (AvgIpc) is 2.90. The number of nitrogens with zero attached hydrogens (tertiary/aromatic N) is 2. The zero-order valence-corrected chi connectivity index (χ0v) is 21.3. The summed E-state index contributed by atoms with van der Waals surface area (Å²) >= 11 is 0. The standard InChI is InChI=1S/C30H33N2O4/c1-31(2)30-25-14-23(18-34)22(17-33)13-20(25)15-26-28-21(12-19-8-6-5-7-9-19)16-27(35-3)29(36-4)24(28)10-11-32(26)30/h5-9,13-16,33-34H,10-12,17-18H2,1-4H3/q+1. The van der Waals surface area contributed by atoms with Crippen molar-refractivity contribution in [3.05, 3.63) is 82.4 Å². The molecule has 0 aliphatic carbocycles. The molecule has 0 bridgehead atoms. The molecule has 0 atom stereocenters. The number of hydrogen-bond acceptors (Lipinski definition) is 5. The van der Waals surface area contributed by atoms with Crippen LogP contribution in [0.4, 0.5) is 5.82 Å². The number of benzene rings is 3. The summed E-state index contributed by atoms with van der Waals surface area (Å²) in [5.41, 5.74) is 7.34. The summed E-state index contributed by atoms with van der Waals surface area (Å²) in [7, 11) is 7.49. The van der Waals surface area contributed by atoms with Crippen molar-refractivity contribution in [2.75, 3.05) is 33.2 Å². The van der Waals surface area contributed by atoms with Gasteiger partial charge in [-0.2, -0.15) is 0 Å². The van der Waals surface area contributed by atoms with Crippen LogP contribution in [0.3, 0.4) is 0 Å². The molecular formula is C30H33N2O4+. The summed E-state index contributed by atoms with van der Waals surface area (Å²) in [6.07, 6.45) is 1.58. The Balaban J connectivity index is 1.85. The second-order valence-corrected chi connectivity index (χ2v) is 9.46. The van der Waals surface area contributed by atoms with Crippen molar-refractivity contribution in [2.24, 2.45) is 0 Å². The van der Waals surface area contributed by atoms with Crippen LogP contribution in [0.15, 0.2) is 54.6 Å². The van der Waals surface area contributed by atoms with Gasteiger partial charge >= 0.3 is 0 Å². The summed E-state index contributed by atoms with van der Waals surface area (Å²) in [5, 5.41) is 22.0. The van der Waals surface area contributed by atoms with E-state index in [0.717, 1.165) is 69.9 Å². The zero-order chi connectivity index (χ0) is 25.4. The largest absolute Gasteiger partial charge is 0.493 e. The van der Waals surface area contributed by atoms with E-state index in [-0.39, 0.29) is 13.2 Å². The van der Waals surface area contributed by atoms with E-state index in [1.165, 1.54) is 16.7 Å². The minimum absolute atomic E-state index is 0.110. The van der Waals surface area contributed by atoms with Crippen LogP contribution in [-0.4, -0.2) is 38.5 Å². The Kier molecular flexibility index (Phi) is 6.56. The highest BCUT2D eigenvalue weighted by molar-refractivity contribution is 5.94. The van der Waals surface area contributed by atoms with Crippen LogP contribution < -0.4 is 18.9 Å². The van der Waals surface area contributed by atoms with Crippen molar-refractivity contribution in [1.82, 2.24) is 0 Å². The SMILES string of the molecule is COc1cc(Cc2ccccc2)c2c(c1OC)CC[n+]1c-2cc2cc(CO)c(CO)cc2c1N(C)C. The molecule has 6 heteroatoms. The molecule has 4 aromatic rings. The third-order valence-corrected chi connectivity index (χ3v) is 7.14. The molecule has 0 amide bonds. The highest BCUT2D eigenvalue weighted by Gasteiger charge is 2.32. The number of aliphatic hydroxyl groups excluding tert-OH is 2. The summed E-state index contributed by atoms with van der Waals surface area (Å²) in [6.45, 7) is 0.562. The highest BCUT2D eigenvalue weighted by atomic mass is 16.5. The molecule has 2 heterocycles. The maximum absolute atomic E-state index is 9.96. The Morgan fingerprint density at radius 1 is 0.889 bits per heavy atom. The molecule has 186 valence electrons. The van der Waals surface area contributed by atoms with Gasteiger partial charge in [-0.05, 0) is 58.3 Å². The van der Waals surface area contributed by atoms with Crippen molar-refractivity contribution < 1.29 is 24.3 Å². The van der Waals surface area contributed by atoms with Gasteiger partial charge in [-0.1, -0.05) is 30.3 Å². The lowest BCUT2D eigenvalue weighted by atomic mass is 9.87. The van der Waals surface area contributed by atoms with Gasteiger partial charge in [0.05, 0.1) is 53.5 Å². The molecule has 2 N–H and O–H groups in total. The zero-order valence-electron chi connectivity index (χ0n) is 21.3. The fourth-order valence-corrected chi connectivity index (χ4v) is 5.58. The Morgan fingerprint density at radius 3 is 2.25 bits per heavy atom. The molecule has 0 spiro atoms. The van der Waals surface area contributed by atoms with Crippen LogP contribution in [0.5, 0.6) is 11.5 Å². The first-order valence-corrected chi connectivity index (χ1v) is 12.2. The normalized spacial score (nSPS) is 12.3. The van der Waals surface area contributed by atoms with Gasteiger partial charge in [-0.25, -0.2) is 4.57 Å². The van der Waals surface area contributed by atoms with Crippen molar-refractivity contribution >= 4 is 16.6 Å². The summed E-state index contributed by atoms with van der Waals surface area (Å²) < 4.78 is 14.0. The fraction of sp³-hybridized carbons (Fsp3) is 0.300. The highest BCUT2D eigenvalue weighted by Crippen LogP contribution is 2.44. The van der Waals surface area contributed by atoms with E-state index in [2.05, 4.69) is 60.0 Å². The van der Waals surface area contributed by atoms with E-state index in [4.69, 9.17) is 9.47 Å². The van der Waals surface area contributed by atoms with Gasteiger partial charge in [0.2, 0.25) is 0 Å². The second kappa shape index (κ2) is 9.80. The van der Waals surface area contributed by atoms with Gasteiger partial charge in [0, 0.05) is 17.5 Å². The van der Waals surface area contributed by atoms with Gasteiger partial charge < -0.3 is 19.7 Å². The first-order valence-electron chi connectivity index (χ1n) is 12.2. The van der Waals surface area contributed by atoms with Crippen LogP contribution >= 0.6 is 0 Å². The lowest BCUT2D eigenvalue weighted by Crippen LogP contribution is -2.45. The number of fused-ring (bicyclic) bond motifs is 4. The molecule has 5 rings (SSSR count). The number of pyridine rings is 1. The average molecular weight is 486 g/mol. The molecule has 1 aromatic heterocycles. The van der Waals surface area contributed by atoms with E-state index in [0.29, 0.717) is 0 Å². The maximum atomic E-state index is 9.96. The molecule has 0 saturated carbocycles. The molecule has 36 heavy (non-hydrogen) atoms. The van der Waals surface area contributed by atoms with Gasteiger partial charge in [0.15, 0.2) is 11.5 Å². The Hall–Kier alpha value is -3.61. The van der Waals surface area contributed by atoms with E-state index < -0.39 is 0 Å². The molecular weight excluding hydrogens is 452 g/mol. The summed E-state index contributed by atoms with van der Waals surface area (Å²) in [5.74, 6) is 2.61. The number of anilines is 1. The first-order chi connectivity index (χ1) is 17.5. The molecule has 0 saturated heterocycles. The van der Waals surface area contributed by atoms with Crippen LogP contribution in [-0.2, 0) is 32.6 Å². The quantitative estimate of drug-likeness (QED) is 0.387. The smallest absolute Gasteiger partial charge is 0.284 e. The molecule has 6 nitrogen and oxygen atoms in total. The van der Waals surface area contributed by atoms with Crippen molar-refractivity contribution in [3.8, 4) is 22.8 Å². The topological polar surface area (TPSA) is 66.0 Å². The van der Waals surface area contributed by atoms with Gasteiger partial charge in [-0.3, -0.25) is 4.90 Å². The van der Waals surface area contributed by atoms with Crippen molar-refractivity contribution in [3.63, 3.8) is 0 Å². The summed E-state index contributed by atoms with van der Waals surface area (Å²) in [4.78, 5) is 2.13. The molecule has 1 aliphatic rings. The molecule has 1 aliphatic heterocycles. The molecule has 0 fully saturated rings. The van der Waals surface area contributed by atoms with E-state index in [1.807, 2.05) is 18.2 Å². The van der Waals surface area contributed by atoms with E-state index >= 15 is 0 Å². The Morgan fingerprint density at radius 2 is 1.61 bits per heavy atom. The third kappa shape index (κ3) is 3.96. The lowest BCUT2D eigenvalue weighted by Gasteiger charge is -2.27. The first kappa shape index (κ1) is 24.1. The number of rotatable bonds is 7. The summed E-state index contributed by atoms with van der Waals surface area (Å²) in [6, 6.07) is 18.8. The Bertz CT molecular complexity index is 1430. The van der Waals surface area contributed by atoms with Crippen LogP contribution in [0.2, 0.25) is 0 Å². The molecule has 0 radical (unpaired) electrons. The fourth-order valence-electron chi connectivity index (χ4n) is 5.58. The molecule has 0 unspecified atom stereocenters. The van der Waals surface area contributed by atoms with Gasteiger partial charge in [0.1, 0.15) is 5.69 Å². The number of methoxy groups -OCH3 is 2. The van der Waals surface area contributed by atoms with Gasteiger partial charge in [0.25, 0.3) is 5.82 Å². The van der Waals surface area contributed by atoms with Crippen molar-refractivity contribution in [2.45, 2.75) is 32.6 Å². The third-order valence-electron chi connectivity index (χ3n) is 7.14. The molecule has 3 aromatic carbocycles. The minimum Gasteiger partial charge on any atom is -0.493 e. The second-order valence-electron chi connectivity index (χ2n) is 9.46. The number of aromatic nitrogens is 1. The van der Waals surface area contributed by atoms with Crippen molar-refractivity contribution in [1.29, 1.82) is 0 Å². The van der Waals surface area contributed by atoms with E-state index in [1.54, 1.807) is 14.2 Å². The number of hydrogen-bond donors (Lipinski definition) is 2. The van der Waals surface area contributed by atoms with E-state index in [9.17, 15) is 10.2 Å². The van der Waals surface area contributed by atoms with Crippen LogP contribution in [0, 0.1) is 0 Å². The van der Waals surface area contributed by atoms with Gasteiger partial charge in [-0.15, -0.1) is 0 Å². The Labute approximate surface area is 212 Å².